The summed E-state index contributed by atoms with van der Waals surface area (Å²) in [5.41, 5.74) is 0. The van der Waals surface area contributed by atoms with Crippen LogP contribution in [0.3, 0.4) is 0 Å². The van der Waals surface area contributed by atoms with Crippen LogP contribution in [0.25, 0.3) is 0 Å². The van der Waals surface area contributed by atoms with Gasteiger partial charge < -0.3 is 10.2 Å². The molecule has 1 N–H and O–H groups in total. The molecule has 15 heavy (non-hydrogen) atoms. The highest BCUT2D eigenvalue weighted by Gasteiger charge is 2.47. The SMILES string of the molecule is CCN(C)CCNC(=O)C1CC2CC2C1. The summed E-state index contributed by atoms with van der Waals surface area (Å²) in [5, 5.41) is 3.05. The molecule has 2 unspecified atom stereocenters. The van der Waals surface area contributed by atoms with E-state index in [-0.39, 0.29) is 0 Å². The Morgan fingerprint density at radius 1 is 1.33 bits per heavy atom. The lowest BCUT2D eigenvalue weighted by molar-refractivity contribution is -0.125. The third-order valence-corrected chi connectivity index (χ3v) is 3.95. The highest BCUT2D eigenvalue weighted by molar-refractivity contribution is 5.79. The molecule has 0 aliphatic heterocycles. The number of fused-ring (bicyclic) bond motifs is 1. The van der Waals surface area contributed by atoms with Crippen molar-refractivity contribution >= 4 is 5.91 Å². The molecule has 2 rings (SSSR count). The zero-order valence-corrected chi connectivity index (χ0v) is 9.83. The summed E-state index contributed by atoms with van der Waals surface area (Å²) in [6, 6.07) is 0. The molecule has 0 aromatic rings. The molecule has 2 aliphatic rings. The number of hydrogen-bond donors (Lipinski definition) is 1. The first-order chi connectivity index (χ1) is 7.20. The van der Waals surface area contributed by atoms with E-state index in [1.165, 1.54) is 6.42 Å². The second-order valence-corrected chi connectivity index (χ2v) is 5.11. The summed E-state index contributed by atoms with van der Waals surface area (Å²) < 4.78 is 0. The summed E-state index contributed by atoms with van der Waals surface area (Å²) in [6.07, 6.45) is 3.70. The van der Waals surface area contributed by atoms with E-state index >= 15 is 0 Å². The van der Waals surface area contributed by atoms with Gasteiger partial charge in [0.05, 0.1) is 0 Å². The quantitative estimate of drug-likeness (QED) is 0.737. The maximum Gasteiger partial charge on any atom is 0.223 e. The third kappa shape index (κ3) is 2.71. The maximum atomic E-state index is 11.8. The van der Waals surface area contributed by atoms with Crippen LogP contribution in [0.15, 0.2) is 0 Å². The van der Waals surface area contributed by atoms with Gasteiger partial charge in [-0.2, -0.15) is 0 Å². The van der Waals surface area contributed by atoms with Crippen molar-refractivity contribution in [2.24, 2.45) is 17.8 Å². The summed E-state index contributed by atoms with van der Waals surface area (Å²) in [6.45, 7) is 4.94. The van der Waals surface area contributed by atoms with Crippen molar-refractivity contribution in [1.82, 2.24) is 10.2 Å². The second kappa shape index (κ2) is 4.52. The van der Waals surface area contributed by atoms with Gasteiger partial charge in [0.1, 0.15) is 0 Å². The number of likely N-dealkylation sites (N-methyl/N-ethyl adjacent to an activating group) is 1. The maximum absolute atomic E-state index is 11.8. The molecule has 0 bridgehead atoms. The van der Waals surface area contributed by atoms with Gasteiger partial charge in [-0.05, 0) is 44.7 Å². The van der Waals surface area contributed by atoms with Gasteiger partial charge in [0, 0.05) is 19.0 Å². The van der Waals surface area contributed by atoms with E-state index in [1.807, 2.05) is 0 Å². The molecule has 0 spiro atoms. The number of hydrogen-bond acceptors (Lipinski definition) is 2. The minimum absolute atomic E-state index is 0.298. The fraction of sp³-hybridized carbons (Fsp3) is 0.917. The molecule has 2 atom stereocenters. The van der Waals surface area contributed by atoms with Crippen LogP contribution in [0.4, 0.5) is 0 Å². The van der Waals surface area contributed by atoms with Crippen molar-refractivity contribution in [2.75, 3.05) is 26.7 Å². The van der Waals surface area contributed by atoms with E-state index in [0.717, 1.165) is 44.3 Å². The van der Waals surface area contributed by atoms with E-state index in [1.54, 1.807) is 0 Å². The normalized spacial score (nSPS) is 32.9. The minimum Gasteiger partial charge on any atom is -0.355 e. The number of carbonyl (C=O) groups is 1. The van der Waals surface area contributed by atoms with E-state index in [0.29, 0.717) is 11.8 Å². The molecule has 0 radical (unpaired) electrons. The predicted molar refractivity (Wildman–Crippen MR) is 60.5 cm³/mol. The van der Waals surface area contributed by atoms with Crippen LogP contribution in [0.1, 0.15) is 26.2 Å². The molecule has 3 heteroatoms. The fourth-order valence-corrected chi connectivity index (χ4v) is 2.60. The van der Waals surface area contributed by atoms with Gasteiger partial charge in [-0.25, -0.2) is 0 Å². The van der Waals surface area contributed by atoms with Gasteiger partial charge in [-0.1, -0.05) is 6.92 Å². The summed E-state index contributed by atoms with van der Waals surface area (Å²) >= 11 is 0. The van der Waals surface area contributed by atoms with E-state index in [4.69, 9.17) is 0 Å². The summed E-state index contributed by atoms with van der Waals surface area (Å²) in [7, 11) is 2.08. The molecule has 0 aromatic heterocycles. The molecule has 2 aliphatic carbocycles. The van der Waals surface area contributed by atoms with Crippen molar-refractivity contribution in [3.8, 4) is 0 Å². The van der Waals surface area contributed by atoms with Crippen LogP contribution >= 0.6 is 0 Å². The topological polar surface area (TPSA) is 32.3 Å². The lowest BCUT2D eigenvalue weighted by Crippen LogP contribution is -2.36. The minimum atomic E-state index is 0.298. The molecule has 2 saturated carbocycles. The Bertz CT molecular complexity index is 232. The van der Waals surface area contributed by atoms with Crippen LogP contribution in [0.5, 0.6) is 0 Å². The average Bonchev–Trinajstić information content (AvgIpc) is 2.85. The van der Waals surface area contributed by atoms with Crippen molar-refractivity contribution in [3.05, 3.63) is 0 Å². The molecule has 3 nitrogen and oxygen atoms in total. The highest BCUT2D eigenvalue weighted by atomic mass is 16.1. The molecule has 86 valence electrons. The standard InChI is InChI=1S/C12H22N2O/c1-3-14(2)5-4-13-12(15)11-7-9-6-10(9)8-11/h9-11H,3-8H2,1-2H3,(H,13,15). The zero-order valence-electron chi connectivity index (χ0n) is 9.83. The van der Waals surface area contributed by atoms with E-state index in [2.05, 4.69) is 24.2 Å². The van der Waals surface area contributed by atoms with Crippen molar-refractivity contribution in [1.29, 1.82) is 0 Å². The zero-order chi connectivity index (χ0) is 10.8. The Labute approximate surface area is 92.2 Å². The largest absolute Gasteiger partial charge is 0.355 e. The number of nitrogens with one attached hydrogen (secondary N) is 1. The van der Waals surface area contributed by atoms with Crippen molar-refractivity contribution in [3.63, 3.8) is 0 Å². The summed E-state index contributed by atoms with van der Waals surface area (Å²) in [5.74, 6) is 2.44. The van der Waals surface area contributed by atoms with Crippen LogP contribution in [0, 0.1) is 17.8 Å². The highest BCUT2D eigenvalue weighted by Crippen LogP contribution is 2.54. The Balaban J connectivity index is 1.60. The Morgan fingerprint density at radius 3 is 2.60 bits per heavy atom. The van der Waals surface area contributed by atoms with Crippen LogP contribution < -0.4 is 5.32 Å². The van der Waals surface area contributed by atoms with E-state index in [9.17, 15) is 4.79 Å². The predicted octanol–water partition coefficient (Wildman–Crippen LogP) is 1.10. The van der Waals surface area contributed by atoms with Gasteiger partial charge in [-0.3, -0.25) is 4.79 Å². The van der Waals surface area contributed by atoms with Crippen LogP contribution in [-0.4, -0.2) is 37.5 Å². The first-order valence-electron chi connectivity index (χ1n) is 6.17. The van der Waals surface area contributed by atoms with Gasteiger partial charge in [0.15, 0.2) is 0 Å². The Hall–Kier alpha value is -0.570. The van der Waals surface area contributed by atoms with Gasteiger partial charge >= 0.3 is 0 Å². The van der Waals surface area contributed by atoms with Gasteiger partial charge in [0.25, 0.3) is 0 Å². The Kier molecular flexibility index (Phi) is 3.29. The first kappa shape index (κ1) is 10.9. The lowest BCUT2D eigenvalue weighted by atomic mass is 10.0. The number of amides is 1. The second-order valence-electron chi connectivity index (χ2n) is 5.11. The van der Waals surface area contributed by atoms with Crippen LogP contribution in [-0.2, 0) is 4.79 Å². The smallest absolute Gasteiger partial charge is 0.223 e. The Morgan fingerprint density at radius 2 is 2.00 bits per heavy atom. The average molecular weight is 210 g/mol. The molecule has 2 fully saturated rings. The molecular formula is C12H22N2O. The first-order valence-corrected chi connectivity index (χ1v) is 6.17. The van der Waals surface area contributed by atoms with Gasteiger partial charge in [0.2, 0.25) is 5.91 Å². The number of carbonyl (C=O) groups excluding carboxylic acids is 1. The molecular weight excluding hydrogens is 188 g/mol. The molecule has 1 amide bonds. The lowest BCUT2D eigenvalue weighted by Gasteiger charge is -2.16. The molecule has 0 saturated heterocycles. The van der Waals surface area contributed by atoms with Crippen LogP contribution in [0.2, 0.25) is 0 Å². The van der Waals surface area contributed by atoms with Crippen molar-refractivity contribution < 1.29 is 4.79 Å². The monoisotopic (exact) mass is 210 g/mol. The third-order valence-electron chi connectivity index (χ3n) is 3.95. The van der Waals surface area contributed by atoms with Crippen molar-refractivity contribution in [2.45, 2.75) is 26.2 Å². The molecule has 0 aromatic carbocycles. The van der Waals surface area contributed by atoms with Gasteiger partial charge in [-0.15, -0.1) is 0 Å². The fourth-order valence-electron chi connectivity index (χ4n) is 2.60. The number of rotatable bonds is 5. The summed E-state index contributed by atoms with van der Waals surface area (Å²) in [4.78, 5) is 14.0. The van der Waals surface area contributed by atoms with E-state index < -0.39 is 0 Å². The number of nitrogens with zero attached hydrogens (tertiary/aromatic N) is 1. The molecule has 0 heterocycles.